The largest absolute Gasteiger partial charge is 0.309 e. The number of nitrogens with zero attached hydrogens (tertiary/aromatic N) is 2. The van der Waals surface area contributed by atoms with Crippen LogP contribution in [-0.2, 0) is 13.1 Å². The van der Waals surface area contributed by atoms with Crippen molar-refractivity contribution in [3.63, 3.8) is 0 Å². The van der Waals surface area contributed by atoms with E-state index < -0.39 is 0 Å². The standard InChI is InChI=1S/C17H29N3/c1-13(2)18-10-16-6-5-7-17(19-16)12-20-11-14(3)8-9-15(20)4/h5-7,13-15,18H,8-12H2,1-4H3. The topological polar surface area (TPSA) is 28.2 Å². The molecule has 0 bridgehead atoms. The number of pyridine rings is 1. The third-order valence-corrected chi connectivity index (χ3v) is 4.17. The summed E-state index contributed by atoms with van der Waals surface area (Å²) < 4.78 is 0. The fourth-order valence-corrected chi connectivity index (χ4v) is 2.83. The Hall–Kier alpha value is -0.930. The van der Waals surface area contributed by atoms with Gasteiger partial charge in [-0.05, 0) is 37.8 Å². The smallest absolute Gasteiger partial charge is 0.0547 e. The Morgan fingerprint density at radius 3 is 2.75 bits per heavy atom. The molecule has 20 heavy (non-hydrogen) atoms. The van der Waals surface area contributed by atoms with E-state index in [0.717, 1.165) is 24.7 Å². The van der Waals surface area contributed by atoms with Gasteiger partial charge in [0, 0.05) is 31.7 Å². The number of hydrogen-bond acceptors (Lipinski definition) is 3. The molecule has 2 heterocycles. The summed E-state index contributed by atoms with van der Waals surface area (Å²) in [7, 11) is 0. The molecule has 0 aromatic carbocycles. The van der Waals surface area contributed by atoms with Crippen LogP contribution in [0.1, 0.15) is 51.9 Å². The number of hydrogen-bond donors (Lipinski definition) is 1. The molecule has 1 aliphatic rings. The molecule has 112 valence electrons. The minimum absolute atomic E-state index is 0.503. The van der Waals surface area contributed by atoms with Gasteiger partial charge in [0.1, 0.15) is 0 Å². The summed E-state index contributed by atoms with van der Waals surface area (Å²) in [5, 5.41) is 3.43. The van der Waals surface area contributed by atoms with Crippen LogP contribution in [0.15, 0.2) is 18.2 Å². The average Bonchev–Trinajstić information content (AvgIpc) is 2.41. The van der Waals surface area contributed by atoms with Crippen molar-refractivity contribution >= 4 is 0 Å². The van der Waals surface area contributed by atoms with E-state index in [2.05, 4.69) is 56.1 Å². The molecule has 0 radical (unpaired) electrons. The van der Waals surface area contributed by atoms with Crippen LogP contribution in [-0.4, -0.2) is 28.5 Å². The van der Waals surface area contributed by atoms with Gasteiger partial charge >= 0.3 is 0 Å². The van der Waals surface area contributed by atoms with Gasteiger partial charge in [-0.15, -0.1) is 0 Å². The molecule has 2 rings (SSSR count). The number of piperidine rings is 1. The highest BCUT2D eigenvalue weighted by molar-refractivity contribution is 5.11. The van der Waals surface area contributed by atoms with Crippen molar-refractivity contribution in [3.05, 3.63) is 29.6 Å². The maximum absolute atomic E-state index is 4.79. The van der Waals surface area contributed by atoms with Crippen molar-refractivity contribution in [2.45, 2.75) is 65.7 Å². The summed E-state index contributed by atoms with van der Waals surface area (Å²) in [4.78, 5) is 7.37. The van der Waals surface area contributed by atoms with Crippen LogP contribution in [0.3, 0.4) is 0 Å². The molecule has 1 fully saturated rings. The zero-order valence-corrected chi connectivity index (χ0v) is 13.4. The average molecular weight is 275 g/mol. The number of rotatable bonds is 5. The molecule has 1 saturated heterocycles. The second kappa shape index (κ2) is 7.19. The predicted molar refractivity (Wildman–Crippen MR) is 84.5 cm³/mol. The van der Waals surface area contributed by atoms with Crippen molar-refractivity contribution in [3.8, 4) is 0 Å². The van der Waals surface area contributed by atoms with Gasteiger partial charge in [0.15, 0.2) is 0 Å². The van der Waals surface area contributed by atoms with Gasteiger partial charge in [-0.3, -0.25) is 9.88 Å². The number of likely N-dealkylation sites (tertiary alicyclic amines) is 1. The van der Waals surface area contributed by atoms with Crippen LogP contribution >= 0.6 is 0 Å². The molecule has 3 heteroatoms. The lowest BCUT2D eigenvalue weighted by Gasteiger charge is -2.36. The molecular weight excluding hydrogens is 246 g/mol. The molecule has 1 aromatic heterocycles. The molecule has 0 spiro atoms. The molecule has 0 saturated carbocycles. The van der Waals surface area contributed by atoms with E-state index in [1.807, 2.05) is 0 Å². The maximum Gasteiger partial charge on any atom is 0.0547 e. The van der Waals surface area contributed by atoms with Gasteiger partial charge in [0.05, 0.1) is 11.4 Å². The van der Waals surface area contributed by atoms with Gasteiger partial charge in [-0.1, -0.05) is 26.8 Å². The van der Waals surface area contributed by atoms with Gasteiger partial charge in [-0.25, -0.2) is 0 Å². The summed E-state index contributed by atoms with van der Waals surface area (Å²) in [6, 6.07) is 7.60. The first-order valence-electron chi connectivity index (χ1n) is 7.97. The van der Waals surface area contributed by atoms with E-state index in [1.165, 1.54) is 25.1 Å². The fraction of sp³-hybridized carbons (Fsp3) is 0.706. The summed E-state index contributed by atoms with van der Waals surface area (Å²) >= 11 is 0. The monoisotopic (exact) mass is 275 g/mol. The molecule has 3 nitrogen and oxygen atoms in total. The van der Waals surface area contributed by atoms with E-state index in [-0.39, 0.29) is 0 Å². The SMILES string of the molecule is CC1CCC(C)N(Cc2cccc(CNC(C)C)n2)C1. The van der Waals surface area contributed by atoms with E-state index in [0.29, 0.717) is 12.1 Å². The highest BCUT2D eigenvalue weighted by Crippen LogP contribution is 2.22. The first-order chi connectivity index (χ1) is 9.54. The highest BCUT2D eigenvalue weighted by atomic mass is 15.2. The van der Waals surface area contributed by atoms with E-state index in [1.54, 1.807) is 0 Å². The molecular formula is C17H29N3. The van der Waals surface area contributed by atoms with Crippen LogP contribution in [0.25, 0.3) is 0 Å². The quantitative estimate of drug-likeness (QED) is 0.894. The highest BCUT2D eigenvalue weighted by Gasteiger charge is 2.22. The Labute approximate surface area is 123 Å². The van der Waals surface area contributed by atoms with Crippen LogP contribution in [0, 0.1) is 5.92 Å². The summed E-state index contributed by atoms with van der Waals surface area (Å²) in [6.07, 6.45) is 2.68. The molecule has 0 aliphatic carbocycles. The Balaban J connectivity index is 1.96. The zero-order valence-electron chi connectivity index (χ0n) is 13.4. The molecule has 0 amide bonds. The Kier molecular flexibility index (Phi) is 5.55. The second-order valence-corrected chi connectivity index (χ2v) is 6.62. The zero-order chi connectivity index (χ0) is 14.5. The van der Waals surface area contributed by atoms with Crippen molar-refractivity contribution in [2.75, 3.05) is 6.54 Å². The Bertz CT molecular complexity index is 416. The summed E-state index contributed by atoms with van der Waals surface area (Å²) in [5.74, 6) is 0.817. The lowest BCUT2D eigenvalue weighted by molar-refractivity contribution is 0.116. The third kappa shape index (κ3) is 4.57. The molecule has 2 unspecified atom stereocenters. The summed E-state index contributed by atoms with van der Waals surface area (Å²) in [5.41, 5.74) is 2.35. The minimum atomic E-state index is 0.503. The Morgan fingerprint density at radius 2 is 2.00 bits per heavy atom. The molecule has 1 aliphatic heterocycles. The predicted octanol–water partition coefficient (Wildman–Crippen LogP) is 3.20. The minimum Gasteiger partial charge on any atom is -0.309 e. The first kappa shape index (κ1) is 15.5. The maximum atomic E-state index is 4.79. The van der Waals surface area contributed by atoms with E-state index in [4.69, 9.17) is 4.98 Å². The first-order valence-corrected chi connectivity index (χ1v) is 7.97. The van der Waals surface area contributed by atoms with Crippen molar-refractivity contribution in [2.24, 2.45) is 5.92 Å². The molecule has 1 N–H and O–H groups in total. The van der Waals surface area contributed by atoms with E-state index in [9.17, 15) is 0 Å². The number of aromatic nitrogens is 1. The number of nitrogens with one attached hydrogen (secondary N) is 1. The fourth-order valence-electron chi connectivity index (χ4n) is 2.83. The van der Waals surface area contributed by atoms with Crippen molar-refractivity contribution in [1.82, 2.24) is 15.2 Å². The van der Waals surface area contributed by atoms with Crippen molar-refractivity contribution < 1.29 is 0 Å². The Morgan fingerprint density at radius 1 is 1.25 bits per heavy atom. The van der Waals surface area contributed by atoms with Crippen LogP contribution in [0.5, 0.6) is 0 Å². The van der Waals surface area contributed by atoms with Crippen LogP contribution < -0.4 is 5.32 Å². The summed E-state index contributed by atoms with van der Waals surface area (Å²) in [6.45, 7) is 12.1. The lowest BCUT2D eigenvalue weighted by atomic mass is 9.95. The van der Waals surface area contributed by atoms with Crippen LogP contribution in [0.2, 0.25) is 0 Å². The molecule has 1 aromatic rings. The van der Waals surface area contributed by atoms with Gasteiger partial charge in [0.25, 0.3) is 0 Å². The van der Waals surface area contributed by atoms with Gasteiger partial charge in [0.2, 0.25) is 0 Å². The second-order valence-electron chi connectivity index (χ2n) is 6.62. The van der Waals surface area contributed by atoms with Crippen molar-refractivity contribution in [1.29, 1.82) is 0 Å². The normalized spacial score (nSPS) is 24.2. The van der Waals surface area contributed by atoms with E-state index >= 15 is 0 Å². The van der Waals surface area contributed by atoms with Gasteiger partial charge in [-0.2, -0.15) is 0 Å². The molecule has 2 atom stereocenters. The third-order valence-electron chi connectivity index (χ3n) is 4.17. The van der Waals surface area contributed by atoms with Crippen LogP contribution in [0.4, 0.5) is 0 Å². The lowest BCUT2D eigenvalue weighted by Crippen LogP contribution is -2.40. The van der Waals surface area contributed by atoms with Gasteiger partial charge < -0.3 is 5.32 Å².